The Morgan fingerprint density at radius 3 is 2.65 bits per heavy atom. The molecule has 0 unspecified atom stereocenters. The van der Waals surface area contributed by atoms with Gasteiger partial charge in [0.2, 0.25) is 5.76 Å². The number of amides is 1. The molecule has 3 N–H and O–H groups in total. The molecule has 0 aliphatic heterocycles. The van der Waals surface area contributed by atoms with E-state index in [1.54, 1.807) is 37.3 Å². The van der Waals surface area contributed by atoms with Crippen LogP contribution in [0.4, 0.5) is 0 Å². The molecule has 0 radical (unpaired) electrons. The van der Waals surface area contributed by atoms with E-state index in [0.29, 0.717) is 17.1 Å². The number of aryl methyl sites for hydroxylation is 1. The maximum atomic E-state index is 11.2. The normalized spacial score (nSPS) is 10.2. The summed E-state index contributed by atoms with van der Waals surface area (Å²) in [7, 11) is 0. The molecule has 0 bridgehead atoms. The number of furan rings is 1. The summed E-state index contributed by atoms with van der Waals surface area (Å²) in [6, 6.07) is 8.11. The number of aromatic carboxylic acids is 1. The molecule has 6 heteroatoms. The van der Waals surface area contributed by atoms with E-state index in [1.807, 2.05) is 0 Å². The molecule has 1 aromatic carbocycles. The number of para-hydroxylation sites is 1. The number of nitrogens with two attached hydrogens (primary N) is 1. The summed E-state index contributed by atoms with van der Waals surface area (Å²) in [5.74, 6) is -1.16. The van der Waals surface area contributed by atoms with Crippen LogP contribution in [0.15, 0.2) is 34.7 Å². The molecule has 0 saturated heterocycles. The molecule has 1 heterocycles. The molecule has 2 aromatic rings. The number of hydrogen-bond donors (Lipinski definition) is 2. The van der Waals surface area contributed by atoms with Gasteiger partial charge in [-0.05, 0) is 25.1 Å². The molecular weight excluding hydrogens is 262 g/mol. The highest BCUT2D eigenvalue weighted by molar-refractivity contribution is 5.95. The van der Waals surface area contributed by atoms with Crippen molar-refractivity contribution >= 4 is 11.9 Å². The molecule has 0 saturated carbocycles. The van der Waals surface area contributed by atoms with Gasteiger partial charge in [-0.3, -0.25) is 4.79 Å². The Morgan fingerprint density at radius 2 is 2.05 bits per heavy atom. The van der Waals surface area contributed by atoms with E-state index in [9.17, 15) is 9.59 Å². The zero-order chi connectivity index (χ0) is 14.7. The van der Waals surface area contributed by atoms with E-state index in [1.165, 1.54) is 0 Å². The molecule has 6 nitrogen and oxygen atoms in total. The van der Waals surface area contributed by atoms with Crippen molar-refractivity contribution in [1.29, 1.82) is 0 Å². The molecule has 0 aliphatic rings. The van der Waals surface area contributed by atoms with Crippen molar-refractivity contribution in [3.8, 4) is 5.75 Å². The first kappa shape index (κ1) is 13.7. The van der Waals surface area contributed by atoms with Gasteiger partial charge in [0.05, 0.1) is 5.56 Å². The summed E-state index contributed by atoms with van der Waals surface area (Å²) in [6.07, 6.45) is 0. The van der Waals surface area contributed by atoms with Gasteiger partial charge >= 0.3 is 5.97 Å². The van der Waals surface area contributed by atoms with E-state index in [-0.39, 0.29) is 17.9 Å². The van der Waals surface area contributed by atoms with E-state index in [0.717, 1.165) is 0 Å². The number of ether oxygens (including phenoxy) is 1. The van der Waals surface area contributed by atoms with Gasteiger partial charge < -0.3 is 20.0 Å². The van der Waals surface area contributed by atoms with E-state index >= 15 is 0 Å². The number of primary amides is 1. The lowest BCUT2D eigenvalue weighted by Crippen LogP contribution is -2.12. The van der Waals surface area contributed by atoms with Crippen molar-refractivity contribution in [3.05, 3.63) is 53.0 Å². The van der Waals surface area contributed by atoms with E-state index < -0.39 is 11.9 Å². The quantitative estimate of drug-likeness (QED) is 0.868. The van der Waals surface area contributed by atoms with Crippen molar-refractivity contribution in [2.75, 3.05) is 0 Å². The first-order valence-electron chi connectivity index (χ1n) is 5.83. The number of carbonyl (C=O) groups excluding carboxylic acids is 1. The number of hydrogen-bond acceptors (Lipinski definition) is 4. The SMILES string of the molecule is Cc1cc(COc2ccccc2C(N)=O)oc1C(=O)O. The first-order chi connectivity index (χ1) is 9.49. The van der Waals surface area contributed by atoms with Gasteiger partial charge in [0, 0.05) is 5.56 Å². The van der Waals surface area contributed by atoms with Crippen molar-refractivity contribution < 1.29 is 23.8 Å². The molecule has 2 rings (SSSR count). The zero-order valence-electron chi connectivity index (χ0n) is 10.8. The first-order valence-corrected chi connectivity index (χ1v) is 5.83. The van der Waals surface area contributed by atoms with Crippen LogP contribution in [0.25, 0.3) is 0 Å². The lowest BCUT2D eigenvalue weighted by Gasteiger charge is -2.07. The van der Waals surface area contributed by atoms with Gasteiger partial charge in [-0.2, -0.15) is 0 Å². The summed E-state index contributed by atoms with van der Waals surface area (Å²) in [6.45, 7) is 1.65. The Morgan fingerprint density at radius 1 is 1.35 bits per heavy atom. The summed E-state index contributed by atoms with van der Waals surface area (Å²) >= 11 is 0. The van der Waals surface area contributed by atoms with Gasteiger partial charge in [-0.1, -0.05) is 12.1 Å². The number of carboxylic acid groups (broad SMARTS) is 1. The molecule has 104 valence electrons. The minimum atomic E-state index is -1.13. The van der Waals surface area contributed by atoms with E-state index in [2.05, 4.69) is 0 Å². The molecule has 1 aromatic heterocycles. The number of rotatable bonds is 5. The molecule has 0 atom stereocenters. The maximum Gasteiger partial charge on any atom is 0.372 e. The van der Waals surface area contributed by atoms with E-state index in [4.69, 9.17) is 20.0 Å². The predicted octanol–water partition coefficient (Wildman–Crippen LogP) is 1.96. The fourth-order valence-corrected chi connectivity index (χ4v) is 1.78. The third-order valence-corrected chi connectivity index (χ3v) is 2.69. The third-order valence-electron chi connectivity index (χ3n) is 2.69. The maximum absolute atomic E-state index is 11.2. The summed E-state index contributed by atoms with van der Waals surface area (Å²) in [4.78, 5) is 22.1. The lowest BCUT2D eigenvalue weighted by atomic mass is 10.2. The van der Waals surface area contributed by atoms with Crippen molar-refractivity contribution in [1.82, 2.24) is 0 Å². The third kappa shape index (κ3) is 2.80. The second kappa shape index (κ2) is 5.48. The van der Waals surface area contributed by atoms with Crippen LogP contribution >= 0.6 is 0 Å². The minimum Gasteiger partial charge on any atom is -0.485 e. The Bertz CT molecular complexity index is 659. The molecule has 1 amide bonds. The minimum absolute atomic E-state index is 0.0123. The Kier molecular flexibility index (Phi) is 3.74. The average molecular weight is 275 g/mol. The number of carboxylic acids is 1. The summed E-state index contributed by atoms with van der Waals surface area (Å²) in [5.41, 5.74) is 6.00. The Hall–Kier alpha value is -2.76. The van der Waals surface area contributed by atoms with Gasteiger partial charge in [0.25, 0.3) is 5.91 Å². The molecular formula is C14H13NO5. The highest BCUT2D eigenvalue weighted by Gasteiger charge is 2.15. The van der Waals surface area contributed by atoms with Crippen LogP contribution in [0, 0.1) is 6.92 Å². The largest absolute Gasteiger partial charge is 0.485 e. The molecule has 0 fully saturated rings. The van der Waals surface area contributed by atoms with Gasteiger partial charge in [0.15, 0.2) is 0 Å². The van der Waals surface area contributed by atoms with Crippen LogP contribution in [0.1, 0.15) is 32.2 Å². The van der Waals surface area contributed by atoms with Crippen LogP contribution in [-0.4, -0.2) is 17.0 Å². The standard InChI is InChI=1S/C14H13NO5/c1-8-6-9(20-12(8)14(17)18)7-19-11-5-3-2-4-10(11)13(15)16/h2-6H,7H2,1H3,(H2,15,16)(H,17,18). The Balaban J connectivity index is 2.15. The van der Waals surface area contributed by atoms with Gasteiger partial charge in [-0.15, -0.1) is 0 Å². The average Bonchev–Trinajstić information content (AvgIpc) is 2.78. The second-order valence-corrected chi connectivity index (χ2v) is 4.18. The fraction of sp³-hybridized carbons (Fsp3) is 0.143. The number of carbonyl (C=O) groups is 2. The highest BCUT2D eigenvalue weighted by Crippen LogP contribution is 2.20. The molecule has 0 aliphatic carbocycles. The second-order valence-electron chi connectivity index (χ2n) is 4.18. The van der Waals surface area contributed by atoms with Crippen molar-refractivity contribution in [3.63, 3.8) is 0 Å². The topological polar surface area (TPSA) is 103 Å². The monoisotopic (exact) mass is 275 g/mol. The highest BCUT2D eigenvalue weighted by atomic mass is 16.5. The predicted molar refractivity (Wildman–Crippen MR) is 69.7 cm³/mol. The van der Waals surface area contributed by atoms with Crippen molar-refractivity contribution in [2.45, 2.75) is 13.5 Å². The van der Waals surface area contributed by atoms with Crippen LogP contribution in [0.3, 0.4) is 0 Å². The van der Waals surface area contributed by atoms with Crippen LogP contribution in [0.2, 0.25) is 0 Å². The smallest absolute Gasteiger partial charge is 0.372 e. The molecule has 20 heavy (non-hydrogen) atoms. The van der Waals surface area contributed by atoms with Crippen LogP contribution in [0.5, 0.6) is 5.75 Å². The molecule has 0 spiro atoms. The lowest BCUT2D eigenvalue weighted by molar-refractivity contribution is 0.0657. The zero-order valence-corrected chi connectivity index (χ0v) is 10.8. The van der Waals surface area contributed by atoms with Crippen molar-refractivity contribution in [2.24, 2.45) is 5.73 Å². The van der Waals surface area contributed by atoms with Gasteiger partial charge in [-0.25, -0.2) is 4.79 Å². The Labute approximate surface area is 114 Å². The van der Waals surface area contributed by atoms with Crippen LogP contribution in [-0.2, 0) is 6.61 Å². The van der Waals surface area contributed by atoms with Crippen LogP contribution < -0.4 is 10.5 Å². The van der Waals surface area contributed by atoms with Gasteiger partial charge in [0.1, 0.15) is 18.1 Å². The summed E-state index contributed by atoms with van der Waals surface area (Å²) < 4.78 is 10.6. The summed E-state index contributed by atoms with van der Waals surface area (Å²) in [5, 5.41) is 8.89. The number of benzene rings is 1. The fourth-order valence-electron chi connectivity index (χ4n) is 1.78.